The smallest absolute Gasteiger partial charge is 0.264 e. The zero-order chi connectivity index (χ0) is 14.7. The first kappa shape index (κ1) is 16.4. The molecule has 0 heterocycles. The molecule has 0 atom stereocenters. The van der Waals surface area contributed by atoms with Gasteiger partial charge in [-0.15, -0.1) is 0 Å². The van der Waals surface area contributed by atoms with E-state index in [1.165, 1.54) is 0 Å². The van der Waals surface area contributed by atoms with E-state index in [1.807, 2.05) is 0 Å². The molecule has 0 spiro atoms. The minimum atomic E-state index is -3.45. The van der Waals surface area contributed by atoms with Crippen molar-refractivity contribution in [3.05, 3.63) is 28.2 Å². The molecule has 0 aliphatic rings. The molecule has 0 bridgehead atoms. The van der Waals surface area contributed by atoms with Gasteiger partial charge in [-0.1, -0.05) is 15.9 Å². The molecular formula is C12H17BrO5S. The summed E-state index contributed by atoms with van der Waals surface area (Å²) in [5.41, 5.74) is -0.286. The molecule has 0 aliphatic carbocycles. The van der Waals surface area contributed by atoms with E-state index in [0.29, 0.717) is 11.3 Å². The molecule has 0 amide bonds. The first-order chi connectivity index (χ1) is 8.58. The minimum Gasteiger partial charge on any atom is -0.491 e. The summed E-state index contributed by atoms with van der Waals surface area (Å²) in [6.07, 6.45) is 0.985. The normalized spacial score (nSPS) is 12.5. The summed E-state index contributed by atoms with van der Waals surface area (Å²) in [4.78, 5) is 0. The summed E-state index contributed by atoms with van der Waals surface area (Å²) < 4.78 is 32.2. The summed E-state index contributed by atoms with van der Waals surface area (Å²) in [7, 11) is -3.45. The van der Waals surface area contributed by atoms with Gasteiger partial charge in [0.2, 0.25) is 0 Å². The van der Waals surface area contributed by atoms with E-state index in [9.17, 15) is 13.5 Å². The topological polar surface area (TPSA) is 72.8 Å². The van der Waals surface area contributed by atoms with Crippen molar-refractivity contribution in [2.24, 2.45) is 0 Å². The first-order valence-electron chi connectivity index (χ1n) is 5.58. The van der Waals surface area contributed by atoms with Crippen LogP contribution in [0.2, 0.25) is 0 Å². The molecule has 0 saturated heterocycles. The Morgan fingerprint density at radius 3 is 2.42 bits per heavy atom. The molecule has 1 aromatic rings. The fraction of sp³-hybridized carbons (Fsp3) is 0.500. The molecule has 0 radical (unpaired) electrons. The zero-order valence-corrected chi connectivity index (χ0v) is 13.4. The Morgan fingerprint density at radius 2 is 1.89 bits per heavy atom. The number of rotatable bonds is 6. The molecule has 0 fully saturated rings. The van der Waals surface area contributed by atoms with Gasteiger partial charge < -0.3 is 9.84 Å². The summed E-state index contributed by atoms with van der Waals surface area (Å²) in [5, 5.41) is 9.94. The van der Waals surface area contributed by atoms with Crippen LogP contribution in [0, 0.1) is 0 Å². The highest BCUT2D eigenvalue weighted by Crippen LogP contribution is 2.28. The molecule has 1 aromatic carbocycles. The van der Waals surface area contributed by atoms with Crippen molar-refractivity contribution < 1.29 is 22.4 Å². The summed E-state index contributed by atoms with van der Waals surface area (Å²) in [6.45, 7) is 3.40. The Kier molecular flexibility index (Phi) is 5.37. The highest BCUT2D eigenvalue weighted by molar-refractivity contribution is 9.10. The molecule has 108 valence electrons. The Hall–Kier alpha value is -0.630. The van der Waals surface area contributed by atoms with Gasteiger partial charge in [0, 0.05) is 4.47 Å². The van der Waals surface area contributed by atoms with E-state index >= 15 is 0 Å². The van der Waals surface area contributed by atoms with Gasteiger partial charge in [0.25, 0.3) is 10.1 Å². The molecule has 19 heavy (non-hydrogen) atoms. The van der Waals surface area contributed by atoms with Crippen molar-refractivity contribution in [1.29, 1.82) is 0 Å². The number of hydrogen-bond acceptors (Lipinski definition) is 5. The van der Waals surface area contributed by atoms with Gasteiger partial charge in [-0.3, -0.25) is 4.18 Å². The van der Waals surface area contributed by atoms with E-state index in [-0.39, 0.29) is 13.2 Å². The average Bonchev–Trinajstić information content (AvgIpc) is 2.21. The van der Waals surface area contributed by atoms with Gasteiger partial charge in [-0.2, -0.15) is 8.42 Å². The minimum absolute atomic E-state index is 0.0524. The quantitative estimate of drug-likeness (QED) is 0.626. The largest absolute Gasteiger partial charge is 0.491 e. The lowest BCUT2D eigenvalue weighted by molar-refractivity contribution is 0.0781. The zero-order valence-electron chi connectivity index (χ0n) is 11.0. The van der Waals surface area contributed by atoms with Gasteiger partial charge in [0.1, 0.15) is 19.0 Å². The van der Waals surface area contributed by atoms with Crippen LogP contribution in [0.5, 0.6) is 5.75 Å². The Labute approximate surface area is 121 Å². The molecule has 7 heteroatoms. The second-order valence-electron chi connectivity index (χ2n) is 4.61. The maximum atomic E-state index is 10.8. The third-order valence-electron chi connectivity index (χ3n) is 2.23. The SMILES string of the molecule is CC(C)(O)c1cc(Br)cc(OCCOS(C)(=O)=O)c1. The van der Waals surface area contributed by atoms with Gasteiger partial charge in [-0.25, -0.2) is 0 Å². The molecular weight excluding hydrogens is 336 g/mol. The van der Waals surface area contributed by atoms with Crippen LogP contribution in [0.3, 0.4) is 0 Å². The predicted octanol–water partition coefficient (Wildman–Crippen LogP) is 2.03. The molecule has 0 saturated carbocycles. The van der Waals surface area contributed by atoms with E-state index in [4.69, 9.17) is 4.74 Å². The third kappa shape index (κ3) is 6.38. The number of aliphatic hydroxyl groups is 1. The molecule has 1 N–H and O–H groups in total. The lowest BCUT2D eigenvalue weighted by Crippen LogP contribution is -2.16. The van der Waals surface area contributed by atoms with Crippen molar-refractivity contribution in [2.75, 3.05) is 19.5 Å². The Bertz CT molecular complexity index is 534. The highest BCUT2D eigenvalue weighted by Gasteiger charge is 2.17. The van der Waals surface area contributed by atoms with Crippen molar-refractivity contribution in [3.8, 4) is 5.75 Å². The second-order valence-corrected chi connectivity index (χ2v) is 7.17. The second kappa shape index (κ2) is 6.21. The maximum absolute atomic E-state index is 10.8. The van der Waals surface area contributed by atoms with Crippen molar-refractivity contribution in [1.82, 2.24) is 0 Å². The predicted molar refractivity (Wildman–Crippen MR) is 75.7 cm³/mol. The lowest BCUT2D eigenvalue weighted by Gasteiger charge is -2.19. The van der Waals surface area contributed by atoms with Crippen molar-refractivity contribution >= 4 is 26.0 Å². The lowest BCUT2D eigenvalue weighted by atomic mass is 9.98. The molecule has 1 rings (SSSR count). The summed E-state index contributed by atoms with van der Waals surface area (Å²) in [6, 6.07) is 5.22. The van der Waals surface area contributed by atoms with Crippen LogP contribution in [0.4, 0.5) is 0 Å². The van der Waals surface area contributed by atoms with E-state index in [1.54, 1.807) is 32.0 Å². The fourth-order valence-corrected chi connectivity index (χ4v) is 2.19. The monoisotopic (exact) mass is 352 g/mol. The van der Waals surface area contributed by atoms with Crippen molar-refractivity contribution in [2.45, 2.75) is 19.4 Å². The van der Waals surface area contributed by atoms with Crippen LogP contribution >= 0.6 is 15.9 Å². The molecule has 0 aliphatic heterocycles. The summed E-state index contributed by atoms with van der Waals surface area (Å²) in [5.74, 6) is 0.531. The van der Waals surface area contributed by atoms with E-state index < -0.39 is 15.7 Å². The van der Waals surface area contributed by atoms with Crippen LogP contribution in [0.25, 0.3) is 0 Å². The van der Waals surface area contributed by atoms with Crippen LogP contribution < -0.4 is 4.74 Å². The van der Waals surface area contributed by atoms with Crippen LogP contribution in [-0.2, 0) is 19.9 Å². The van der Waals surface area contributed by atoms with E-state index in [2.05, 4.69) is 20.1 Å². The highest BCUT2D eigenvalue weighted by atomic mass is 79.9. The number of benzene rings is 1. The Morgan fingerprint density at radius 1 is 1.26 bits per heavy atom. The third-order valence-corrected chi connectivity index (χ3v) is 3.28. The first-order valence-corrected chi connectivity index (χ1v) is 8.19. The number of halogens is 1. The van der Waals surface area contributed by atoms with E-state index in [0.717, 1.165) is 10.7 Å². The Balaban J connectivity index is 2.67. The van der Waals surface area contributed by atoms with Gasteiger partial charge in [0.05, 0.1) is 11.9 Å². The summed E-state index contributed by atoms with van der Waals surface area (Å²) >= 11 is 3.33. The van der Waals surface area contributed by atoms with Crippen LogP contribution in [0.15, 0.2) is 22.7 Å². The molecule has 5 nitrogen and oxygen atoms in total. The number of ether oxygens (including phenoxy) is 1. The van der Waals surface area contributed by atoms with Crippen LogP contribution in [-0.4, -0.2) is 33.0 Å². The van der Waals surface area contributed by atoms with Gasteiger partial charge in [0.15, 0.2) is 0 Å². The standard InChI is InChI=1S/C12H17BrO5S/c1-12(2,14)9-6-10(13)8-11(7-9)17-4-5-18-19(3,15)16/h6-8,14H,4-5H2,1-3H3. The molecule has 0 aromatic heterocycles. The average molecular weight is 353 g/mol. The van der Waals surface area contributed by atoms with Crippen molar-refractivity contribution in [3.63, 3.8) is 0 Å². The molecule has 0 unspecified atom stereocenters. The van der Waals surface area contributed by atoms with Crippen LogP contribution in [0.1, 0.15) is 19.4 Å². The van der Waals surface area contributed by atoms with Gasteiger partial charge in [-0.05, 0) is 37.6 Å². The fourth-order valence-electron chi connectivity index (χ4n) is 1.34. The van der Waals surface area contributed by atoms with Gasteiger partial charge >= 0.3 is 0 Å². The number of hydrogen-bond donors (Lipinski definition) is 1. The maximum Gasteiger partial charge on any atom is 0.264 e.